The van der Waals surface area contributed by atoms with E-state index < -0.39 is 0 Å². The summed E-state index contributed by atoms with van der Waals surface area (Å²) in [6.07, 6.45) is 1.06. The number of ether oxygens (including phenoxy) is 1. The van der Waals surface area contributed by atoms with Crippen LogP contribution in [0.3, 0.4) is 0 Å². The number of halogens is 1. The number of aliphatic hydroxyl groups is 1. The molecule has 1 N–H and O–H groups in total. The van der Waals surface area contributed by atoms with Crippen LogP contribution >= 0.6 is 27.7 Å². The van der Waals surface area contributed by atoms with E-state index in [4.69, 9.17) is 9.84 Å². The van der Waals surface area contributed by atoms with Gasteiger partial charge in [0.05, 0.1) is 13.2 Å². The predicted molar refractivity (Wildman–Crippen MR) is 73.2 cm³/mol. The van der Waals surface area contributed by atoms with Crippen molar-refractivity contribution in [2.24, 2.45) is 0 Å². The lowest BCUT2D eigenvalue weighted by Crippen LogP contribution is -1.99. The van der Waals surface area contributed by atoms with Crippen LogP contribution in [0.4, 0.5) is 0 Å². The first-order valence-electron chi connectivity index (χ1n) is 5.37. The standard InChI is InChI=1S/C12H17BrO2S/c1-2-16-7-3-6-15-11-4-5-12(13)10(8-11)9-14/h4-5,8,14H,2-3,6-7,9H2,1H3. The van der Waals surface area contributed by atoms with Crippen molar-refractivity contribution in [2.45, 2.75) is 20.0 Å². The lowest BCUT2D eigenvalue weighted by atomic mass is 10.2. The van der Waals surface area contributed by atoms with E-state index in [0.717, 1.165) is 40.3 Å². The number of aliphatic hydroxyl groups excluding tert-OH is 1. The van der Waals surface area contributed by atoms with Gasteiger partial charge < -0.3 is 9.84 Å². The third-order valence-corrected chi connectivity index (χ3v) is 3.85. The predicted octanol–water partition coefficient (Wildman–Crippen LogP) is 3.46. The lowest BCUT2D eigenvalue weighted by molar-refractivity contribution is 0.278. The molecule has 0 bridgehead atoms. The van der Waals surface area contributed by atoms with Crippen LogP contribution in [0.2, 0.25) is 0 Å². The molecule has 0 unspecified atom stereocenters. The van der Waals surface area contributed by atoms with Crippen LogP contribution in [0.5, 0.6) is 5.75 Å². The van der Waals surface area contributed by atoms with Gasteiger partial charge in [0.1, 0.15) is 5.75 Å². The smallest absolute Gasteiger partial charge is 0.119 e. The normalized spacial score (nSPS) is 10.4. The van der Waals surface area contributed by atoms with Gasteiger partial charge in [-0.25, -0.2) is 0 Å². The Morgan fingerprint density at radius 3 is 2.94 bits per heavy atom. The Labute approximate surface area is 110 Å². The number of rotatable bonds is 7. The maximum Gasteiger partial charge on any atom is 0.119 e. The highest BCUT2D eigenvalue weighted by Gasteiger charge is 2.01. The first kappa shape index (κ1) is 13.9. The summed E-state index contributed by atoms with van der Waals surface area (Å²) in [5.74, 6) is 3.13. The summed E-state index contributed by atoms with van der Waals surface area (Å²) in [5, 5.41) is 9.10. The highest BCUT2D eigenvalue weighted by Crippen LogP contribution is 2.22. The summed E-state index contributed by atoms with van der Waals surface area (Å²) in [4.78, 5) is 0. The van der Waals surface area contributed by atoms with Crippen LogP contribution in [0.25, 0.3) is 0 Å². The summed E-state index contributed by atoms with van der Waals surface area (Å²) in [6.45, 7) is 2.93. The molecule has 0 fully saturated rings. The van der Waals surface area contributed by atoms with Crippen molar-refractivity contribution in [1.29, 1.82) is 0 Å². The van der Waals surface area contributed by atoms with Gasteiger partial charge in [-0.05, 0) is 41.7 Å². The fraction of sp³-hybridized carbons (Fsp3) is 0.500. The monoisotopic (exact) mass is 304 g/mol. The molecule has 0 radical (unpaired) electrons. The highest BCUT2D eigenvalue weighted by atomic mass is 79.9. The van der Waals surface area contributed by atoms with Gasteiger partial charge >= 0.3 is 0 Å². The van der Waals surface area contributed by atoms with Crippen LogP contribution < -0.4 is 4.74 Å². The fourth-order valence-electron chi connectivity index (χ4n) is 1.26. The van der Waals surface area contributed by atoms with Gasteiger partial charge in [0.25, 0.3) is 0 Å². The van der Waals surface area contributed by atoms with Crippen LogP contribution in [-0.4, -0.2) is 23.2 Å². The first-order chi connectivity index (χ1) is 7.77. The Morgan fingerprint density at radius 2 is 2.25 bits per heavy atom. The van der Waals surface area contributed by atoms with Crippen molar-refractivity contribution in [3.63, 3.8) is 0 Å². The minimum absolute atomic E-state index is 0.0312. The summed E-state index contributed by atoms with van der Waals surface area (Å²) in [5.41, 5.74) is 0.862. The number of benzene rings is 1. The molecule has 2 nitrogen and oxygen atoms in total. The van der Waals surface area contributed by atoms with Crippen molar-refractivity contribution in [2.75, 3.05) is 18.1 Å². The molecular weight excluding hydrogens is 288 g/mol. The van der Waals surface area contributed by atoms with E-state index in [0.29, 0.717) is 0 Å². The average molecular weight is 305 g/mol. The van der Waals surface area contributed by atoms with Gasteiger partial charge in [-0.1, -0.05) is 22.9 Å². The van der Waals surface area contributed by atoms with Crippen molar-refractivity contribution in [1.82, 2.24) is 0 Å². The average Bonchev–Trinajstić information content (AvgIpc) is 2.31. The minimum Gasteiger partial charge on any atom is -0.494 e. The van der Waals surface area contributed by atoms with Gasteiger partial charge in [0, 0.05) is 4.47 Å². The summed E-state index contributed by atoms with van der Waals surface area (Å²) < 4.78 is 6.53. The molecule has 1 rings (SSSR count). The first-order valence-corrected chi connectivity index (χ1v) is 7.32. The van der Waals surface area contributed by atoms with Gasteiger partial charge in [0.2, 0.25) is 0 Å². The number of hydrogen-bond acceptors (Lipinski definition) is 3. The van der Waals surface area contributed by atoms with E-state index in [2.05, 4.69) is 22.9 Å². The largest absolute Gasteiger partial charge is 0.494 e. The van der Waals surface area contributed by atoms with Crippen molar-refractivity contribution < 1.29 is 9.84 Å². The zero-order chi connectivity index (χ0) is 11.8. The zero-order valence-electron chi connectivity index (χ0n) is 9.41. The SMILES string of the molecule is CCSCCCOc1ccc(Br)c(CO)c1. The van der Waals surface area contributed by atoms with Crippen molar-refractivity contribution in [3.8, 4) is 5.75 Å². The summed E-state index contributed by atoms with van der Waals surface area (Å²) in [7, 11) is 0. The maximum atomic E-state index is 9.10. The third kappa shape index (κ3) is 4.76. The minimum atomic E-state index is 0.0312. The van der Waals surface area contributed by atoms with Gasteiger partial charge in [-0.3, -0.25) is 0 Å². The Hall–Kier alpha value is -0.190. The van der Waals surface area contributed by atoms with E-state index in [1.54, 1.807) is 0 Å². The highest BCUT2D eigenvalue weighted by molar-refractivity contribution is 9.10. The van der Waals surface area contributed by atoms with Crippen LogP contribution in [-0.2, 0) is 6.61 Å². The molecule has 0 heterocycles. The molecule has 0 spiro atoms. The molecule has 0 aromatic heterocycles. The van der Waals surface area contributed by atoms with E-state index in [1.165, 1.54) is 0 Å². The summed E-state index contributed by atoms with van der Waals surface area (Å²) >= 11 is 5.30. The second kappa shape index (κ2) is 7.98. The second-order valence-electron chi connectivity index (χ2n) is 3.31. The molecule has 0 saturated heterocycles. The zero-order valence-corrected chi connectivity index (χ0v) is 11.8. The van der Waals surface area contributed by atoms with Crippen molar-refractivity contribution in [3.05, 3.63) is 28.2 Å². The molecule has 1 aromatic carbocycles. The molecule has 0 aliphatic heterocycles. The van der Waals surface area contributed by atoms with Gasteiger partial charge in [-0.2, -0.15) is 11.8 Å². The van der Waals surface area contributed by atoms with E-state index in [1.807, 2.05) is 30.0 Å². The Morgan fingerprint density at radius 1 is 1.44 bits per heavy atom. The second-order valence-corrected chi connectivity index (χ2v) is 5.56. The molecule has 0 amide bonds. The molecule has 0 saturated carbocycles. The molecule has 4 heteroatoms. The number of hydrogen-bond donors (Lipinski definition) is 1. The molecule has 0 aliphatic carbocycles. The third-order valence-electron chi connectivity index (χ3n) is 2.09. The molecule has 16 heavy (non-hydrogen) atoms. The Bertz CT molecular complexity index is 318. The number of thioether (sulfide) groups is 1. The molecule has 1 aromatic rings. The maximum absolute atomic E-state index is 9.10. The topological polar surface area (TPSA) is 29.5 Å². The van der Waals surface area contributed by atoms with E-state index in [9.17, 15) is 0 Å². The fourth-order valence-corrected chi connectivity index (χ4v) is 2.24. The van der Waals surface area contributed by atoms with E-state index in [-0.39, 0.29) is 6.61 Å². The molecule has 0 aliphatic rings. The van der Waals surface area contributed by atoms with E-state index >= 15 is 0 Å². The summed E-state index contributed by atoms with van der Waals surface area (Å²) in [6, 6.07) is 5.69. The molecule has 90 valence electrons. The quantitative estimate of drug-likeness (QED) is 0.782. The van der Waals surface area contributed by atoms with Crippen molar-refractivity contribution >= 4 is 27.7 Å². The lowest BCUT2D eigenvalue weighted by Gasteiger charge is -2.08. The van der Waals surface area contributed by atoms with Crippen LogP contribution in [0.1, 0.15) is 18.9 Å². The van der Waals surface area contributed by atoms with Crippen LogP contribution in [0.15, 0.2) is 22.7 Å². The Balaban J connectivity index is 2.36. The Kier molecular flexibility index (Phi) is 6.92. The molecular formula is C12H17BrO2S. The van der Waals surface area contributed by atoms with Gasteiger partial charge in [0.15, 0.2) is 0 Å². The molecule has 0 atom stereocenters. The van der Waals surface area contributed by atoms with Gasteiger partial charge in [-0.15, -0.1) is 0 Å². The van der Waals surface area contributed by atoms with Crippen LogP contribution in [0, 0.1) is 0 Å².